The average molecular weight is 351 g/mol. The first-order valence-corrected chi connectivity index (χ1v) is 7.49. The second kappa shape index (κ2) is 8.55. The van der Waals surface area contributed by atoms with Gasteiger partial charge < -0.3 is 10.2 Å². The normalized spacial score (nSPS) is 16.1. The van der Waals surface area contributed by atoms with Gasteiger partial charge in [-0.05, 0) is 44.0 Å². The van der Waals surface area contributed by atoms with Gasteiger partial charge in [0.25, 0.3) is 0 Å². The van der Waals surface area contributed by atoms with E-state index in [4.69, 9.17) is 0 Å². The highest BCUT2D eigenvalue weighted by molar-refractivity contribution is 5.85. The van der Waals surface area contributed by atoms with Crippen molar-refractivity contribution >= 4 is 18.3 Å². The van der Waals surface area contributed by atoms with Crippen molar-refractivity contribution in [1.29, 1.82) is 0 Å². The number of hydrogen-bond donors (Lipinski definition) is 1. The summed E-state index contributed by atoms with van der Waals surface area (Å²) in [4.78, 5) is 13.9. The van der Waals surface area contributed by atoms with E-state index in [1.807, 2.05) is 7.05 Å². The summed E-state index contributed by atoms with van der Waals surface area (Å²) < 4.78 is 38.8. The zero-order valence-electron chi connectivity index (χ0n) is 13.0. The van der Waals surface area contributed by atoms with Gasteiger partial charge in [0.2, 0.25) is 5.91 Å². The van der Waals surface area contributed by atoms with Crippen LogP contribution in [0.2, 0.25) is 0 Å². The topological polar surface area (TPSA) is 32.3 Å². The van der Waals surface area contributed by atoms with Crippen molar-refractivity contribution in [2.75, 3.05) is 26.7 Å². The predicted molar refractivity (Wildman–Crippen MR) is 85.6 cm³/mol. The smallest absolute Gasteiger partial charge is 0.342 e. The van der Waals surface area contributed by atoms with Crippen molar-refractivity contribution in [3.05, 3.63) is 35.4 Å². The first-order chi connectivity index (χ1) is 10.4. The third kappa shape index (κ3) is 5.39. The highest BCUT2D eigenvalue weighted by Gasteiger charge is 2.34. The number of hydrogen-bond acceptors (Lipinski definition) is 2. The Hall–Kier alpha value is -1.27. The molecule has 0 spiro atoms. The molecule has 0 unspecified atom stereocenters. The van der Waals surface area contributed by atoms with Gasteiger partial charge in [0.05, 0.1) is 12.0 Å². The van der Waals surface area contributed by atoms with E-state index in [9.17, 15) is 18.0 Å². The quantitative estimate of drug-likeness (QED) is 0.905. The van der Waals surface area contributed by atoms with E-state index in [2.05, 4.69) is 5.32 Å². The first-order valence-electron chi connectivity index (χ1n) is 7.49. The minimum absolute atomic E-state index is 0. The molecule has 3 nitrogen and oxygen atoms in total. The number of benzene rings is 1. The van der Waals surface area contributed by atoms with Crippen molar-refractivity contribution in [3.63, 3.8) is 0 Å². The lowest BCUT2D eigenvalue weighted by Gasteiger charge is -2.32. The van der Waals surface area contributed by atoms with Crippen LogP contribution in [0.4, 0.5) is 13.2 Å². The summed E-state index contributed by atoms with van der Waals surface area (Å²) in [5.74, 6) is 0.316. The van der Waals surface area contributed by atoms with Crippen LogP contribution >= 0.6 is 12.4 Å². The fraction of sp³-hybridized carbons (Fsp3) is 0.562. The maximum atomic E-state index is 12.9. The summed E-state index contributed by atoms with van der Waals surface area (Å²) in [5.41, 5.74) is -0.661. The summed E-state index contributed by atoms with van der Waals surface area (Å²) in [6.07, 6.45) is -2.82. The highest BCUT2D eigenvalue weighted by atomic mass is 35.5. The molecule has 0 aromatic heterocycles. The Morgan fingerprint density at radius 1 is 1.26 bits per heavy atom. The summed E-state index contributed by atoms with van der Waals surface area (Å²) >= 11 is 0. The van der Waals surface area contributed by atoms with Crippen molar-refractivity contribution < 1.29 is 18.0 Å². The molecule has 1 aromatic rings. The van der Waals surface area contributed by atoms with Gasteiger partial charge in [0.15, 0.2) is 0 Å². The lowest BCUT2D eigenvalue weighted by atomic mass is 9.96. The van der Waals surface area contributed by atoms with Crippen LogP contribution in [0.5, 0.6) is 0 Å². The molecular formula is C16H22ClF3N2O. The maximum Gasteiger partial charge on any atom is 0.416 e. The fourth-order valence-electron chi connectivity index (χ4n) is 2.90. The Kier molecular flexibility index (Phi) is 7.35. The minimum Gasteiger partial charge on any atom is -0.342 e. The zero-order valence-corrected chi connectivity index (χ0v) is 13.8. The lowest BCUT2D eigenvalue weighted by Crippen LogP contribution is -2.41. The molecule has 23 heavy (non-hydrogen) atoms. The van der Waals surface area contributed by atoms with Gasteiger partial charge in [-0.15, -0.1) is 12.4 Å². The van der Waals surface area contributed by atoms with Crippen molar-refractivity contribution in [1.82, 2.24) is 10.2 Å². The largest absolute Gasteiger partial charge is 0.416 e. The first kappa shape index (κ1) is 19.8. The van der Waals surface area contributed by atoms with Crippen LogP contribution < -0.4 is 5.32 Å². The zero-order chi connectivity index (χ0) is 16.2. The van der Waals surface area contributed by atoms with Crippen LogP contribution in [-0.2, 0) is 17.4 Å². The summed E-state index contributed by atoms with van der Waals surface area (Å²) in [7, 11) is 1.89. The van der Waals surface area contributed by atoms with E-state index in [1.165, 1.54) is 18.2 Å². The van der Waals surface area contributed by atoms with Gasteiger partial charge in [-0.3, -0.25) is 4.79 Å². The number of likely N-dealkylation sites (tertiary alicyclic amines) is 1. The van der Waals surface area contributed by atoms with Crippen LogP contribution in [0, 0.1) is 5.92 Å². The highest BCUT2D eigenvalue weighted by Crippen LogP contribution is 2.32. The molecular weight excluding hydrogens is 329 g/mol. The van der Waals surface area contributed by atoms with Crippen LogP contribution in [-0.4, -0.2) is 37.5 Å². The molecule has 0 atom stereocenters. The van der Waals surface area contributed by atoms with E-state index < -0.39 is 11.7 Å². The molecule has 1 N–H and O–H groups in total. The Labute approximate surface area is 140 Å². The van der Waals surface area contributed by atoms with E-state index >= 15 is 0 Å². The van der Waals surface area contributed by atoms with Crippen molar-refractivity contribution in [3.8, 4) is 0 Å². The molecule has 0 bridgehead atoms. The van der Waals surface area contributed by atoms with E-state index in [0.29, 0.717) is 19.0 Å². The third-order valence-corrected chi connectivity index (χ3v) is 4.12. The molecule has 1 fully saturated rings. The number of amides is 1. The molecule has 0 aliphatic carbocycles. The maximum absolute atomic E-state index is 12.9. The standard InChI is InChI=1S/C16H21F3N2O.ClH/c1-20-11-12-6-8-21(9-7-12)15(22)10-13-4-2-3-5-14(13)16(17,18)19;/h2-5,12,20H,6-11H2,1H3;1H. The average Bonchev–Trinajstić information content (AvgIpc) is 2.48. The summed E-state index contributed by atoms with van der Waals surface area (Å²) in [5, 5.41) is 3.12. The second-order valence-corrected chi connectivity index (χ2v) is 5.71. The van der Waals surface area contributed by atoms with Crippen LogP contribution in [0.15, 0.2) is 24.3 Å². The second-order valence-electron chi connectivity index (χ2n) is 5.71. The van der Waals surface area contributed by atoms with Gasteiger partial charge in [0, 0.05) is 13.1 Å². The Balaban J connectivity index is 0.00000264. The molecule has 130 valence electrons. The number of carbonyl (C=O) groups is 1. The van der Waals surface area contributed by atoms with Crippen LogP contribution in [0.1, 0.15) is 24.0 Å². The third-order valence-electron chi connectivity index (χ3n) is 4.12. The number of nitrogens with zero attached hydrogens (tertiary/aromatic N) is 1. The van der Waals surface area contributed by atoms with E-state index in [-0.39, 0.29) is 30.3 Å². The Morgan fingerprint density at radius 2 is 1.87 bits per heavy atom. The minimum atomic E-state index is -4.42. The number of halogens is 4. The summed E-state index contributed by atoms with van der Waals surface area (Å²) in [6, 6.07) is 5.30. The number of alkyl halides is 3. The molecule has 2 rings (SSSR count). The molecule has 1 amide bonds. The van der Waals surface area contributed by atoms with Crippen molar-refractivity contribution in [2.45, 2.75) is 25.4 Å². The molecule has 1 aliphatic heterocycles. The summed E-state index contributed by atoms with van der Waals surface area (Å²) in [6.45, 7) is 2.16. The number of piperidine rings is 1. The van der Waals surface area contributed by atoms with E-state index in [1.54, 1.807) is 4.90 Å². The lowest BCUT2D eigenvalue weighted by molar-refractivity contribution is -0.138. The Bertz CT molecular complexity index is 514. The molecule has 1 aromatic carbocycles. The van der Waals surface area contributed by atoms with Crippen LogP contribution in [0.3, 0.4) is 0 Å². The fourth-order valence-corrected chi connectivity index (χ4v) is 2.90. The van der Waals surface area contributed by atoms with Gasteiger partial charge in [-0.2, -0.15) is 13.2 Å². The molecule has 0 saturated carbocycles. The Morgan fingerprint density at radius 3 is 2.43 bits per heavy atom. The number of carbonyl (C=O) groups excluding carboxylic acids is 1. The number of rotatable bonds is 4. The molecule has 1 aliphatic rings. The SMILES string of the molecule is CNCC1CCN(C(=O)Cc2ccccc2C(F)(F)F)CC1.Cl. The monoisotopic (exact) mass is 350 g/mol. The van der Waals surface area contributed by atoms with Crippen LogP contribution in [0.25, 0.3) is 0 Å². The van der Waals surface area contributed by atoms with Gasteiger partial charge in [-0.25, -0.2) is 0 Å². The molecule has 1 heterocycles. The predicted octanol–water partition coefficient (Wildman–Crippen LogP) is 3.13. The molecule has 7 heteroatoms. The number of nitrogens with one attached hydrogen (secondary N) is 1. The molecule has 0 radical (unpaired) electrons. The van der Waals surface area contributed by atoms with Crippen molar-refractivity contribution in [2.24, 2.45) is 5.92 Å². The van der Waals surface area contributed by atoms with Gasteiger partial charge in [-0.1, -0.05) is 18.2 Å². The van der Waals surface area contributed by atoms with Gasteiger partial charge >= 0.3 is 6.18 Å². The van der Waals surface area contributed by atoms with Gasteiger partial charge in [0.1, 0.15) is 0 Å². The molecule has 1 saturated heterocycles. The van der Waals surface area contributed by atoms with E-state index in [0.717, 1.165) is 25.5 Å².